The number of methoxy groups -OCH3 is 1. The Labute approximate surface area is 223 Å². The molecule has 7 heteroatoms. The van der Waals surface area contributed by atoms with E-state index in [-0.39, 0.29) is 24.5 Å². The first-order valence-electron chi connectivity index (χ1n) is 12.7. The predicted octanol–water partition coefficient (Wildman–Crippen LogP) is 5.37. The molecule has 4 rings (SSSR count). The molecular weight excluding hydrogens is 482 g/mol. The lowest BCUT2D eigenvalue weighted by atomic mass is 9.95. The quantitative estimate of drug-likeness (QED) is 0.210. The van der Waals surface area contributed by atoms with Crippen molar-refractivity contribution < 1.29 is 28.9 Å². The number of carbonyl (C=O) groups excluding carboxylic acids is 2. The minimum Gasteiger partial charge on any atom is -0.507 e. The van der Waals surface area contributed by atoms with Crippen LogP contribution in [0, 0.1) is 5.92 Å². The van der Waals surface area contributed by atoms with Gasteiger partial charge in [-0.25, -0.2) is 0 Å². The van der Waals surface area contributed by atoms with Crippen molar-refractivity contribution in [2.45, 2.75) is 26.5 Å². The van der Waals surface area contributed by atoms with Gasteiger partial charge >= 0.3 is 0 Å². The molecule has 0 spiro atoms. The Morgan fingerprint density at radius 3 is 2.16 bits per heavy atom. The van der Waals surface area contributed by atoms with Crippen molar-refractivity contribution in [3.8, 4) is 11.5 Å². The second-order valence-corrected chi connectivity index (χ2v) is 9.56. The monoisotopic (exact) mass is 515 g/mol. The highest BCUT2D eigenvalue weighted by atomic mass is 16.5. The molecule has 1 fully saturated rings. The largest absolute Gasteiger partial charge is 0.507 e. The zero-order valence-corrected chi connectivity index (χ0v) is 21.9. The lowest BCUT2D eigenvalue weighted by Crippen LogP contribution is -2.32. The van der Waals surface area contributed by atoms with Crippen molar-refractivity contribution in [2.24, 2.45) is 5.92 Å². The molecule has 0 radical (unpaired) electrons. The van der Waals surface area contributed by atoms with Crippen LogP contribution in [0.3, 0.4) is 0 Å². The minimum atomic E-state index is -0.759. The maximum absolute atomic E-state index is 13.1. The van der Waals surface area contributed by atoms with E-state index >= 15 is 0 Å². The molecule has 1 N–H and O–H groups in total. The summed E-state index contributed by atoms with van der Waals surface area (Å²) in [6, 6.07) is 23.2. The summed E-state index contributed by atoms with van der Waals surface area (Å²) in [6.45, 7) is 5.57. The van der Waals surface area contributed by atoms with Gasteiger partial charge < -0.3 is 24.2 Å². The fourth-order valence-corrected chi connectivity index (χ4v) is 4.26. The molecule has 0 aliphatic carbocycles. The molecule has 7 nitrogen and oxygen atoms in total. The number of aliphatic hydroxyl groups excluding tert-OH is 1. The standard InChI is InChI=1S/C31H33NO6/c1-21(2)19-37-25-15-11-24(12-16-25)29(33)27-28(32(17-18-36-3)31(35)30(27)34)23-9-13-26(14-10-23)38-20-22-7-5-4-6-8-22/h4-16,21,28,33H,17-20H2,1-3H3/b29-27-. The van der Waals surface area contributed by atoms with E-state index in [1.807, 2.05) is 42.5 Å². The molecule has 0 saturated carbocycles. The number of Topliss-reactive ketones (excluding diaryl/α,β-unsaturated/α-hetero) is 1. The van der Waals surface area contributed by atoms with Crippen molar-refractivity contribution in [2.75, 3.05) is 26.9 Å². The van der Waals surface area contributed by atoms with Crippen molar-refractivity contribution in [1.82, 2.24) is 4.90 Å². The maximum Gasteiger partial charge on any atom is 0.295 e. The summed E-state index contributed by atoms with van der Waals surface area (Å²) in [5.74, 6) is 0.0688. The Hall–Kier alpha value is -4.10. The second-order valence-electron chi connectivity index (χ2n) is 9.56. The third-order valence-corrected chi connectivity index (χ3v) is 6.23. The number of amides is 1. The Morgan fingerprint density at radius 2 is 1.53 bits per heavy atom. The van der Waals surface area contributed by atoms with Crippen LogP contribution in [0.1, 0.15) is 36.6 Å². The van der Waals surface area contributed by atoms with E-state index in [0.717, 1.165) is 5.56 Å². The van der Waals surface area contributed by atoms with Crippen molar-refractivity contribution in [3.63, 3.8) is 0 Å². The lowest BCUT2D eigenvalue weighted by molar-refractivity contribution is -0.140. The minimum absolute atomic E-state index is 0.0416. The van der Waals surface area contributed by atoms with Gasteiger partial charge in [-0.05, 0) is 53.4 Å². The van der Waals surface area contributed by atoms with Gasteiger partial charge in [0.05, 0.1) is 24.8 Å². The highest BCUT2D eigenvalue weighted by Crippen LogP contribution is 2.40. The normalized spacial score (nSPS) is 16.7. The number of ether oxygens (including phenoxy) is 3. The molecule has 1 heterocycles. The topological polar surface area (TPSA) is 85.3 Å². The average molecular weight is 516 g/mol. The highest BCUT2D eigenvalue weighted by Gasteiger charge is 2.45. The summed E-state index contributed by atoms with van der Waals surface area (Å²) >= 11 is 0. The molecule has 38 heavy (non-hydrogen) atoms. The number of aliphatic hydroxyl groups is 1. The second kappa shape index (κ2) is 12.4. The number of hydrogen-bond donors (Lipinski definition) is 1. The van der Waals surface area contributed by atoms with Gasteiger partial charge in [0.25, 0.3) is 11.7 Å². The molecule has 3 aromatic carbocycles. The zero-order valence-electron chi connectivity index (χ0n) is 21.9. The number of likely N-dealkylation sites (tertiary alicyclic amines) is 1. The molecule has 0 bridgehead atoms. The number of carbonyl (C=O) groups is 2. The Bertz CT molecular complexity index is 1270. The number of nitrogens with zero attached hydrogens (tertiary/aromatic N) is 1. The Kier molecular flexibility index (Phi) is 8.81. The van der Waals surface area contributed by atoms with Crippen LogP contribution in [0.2, 0.25) is 0 Å². The van der Waals surface area contributed by atoms with E-state index < -0.39 is 17.7 Å². The van der Waals surface area contributed by atoms with E-state index in [2.05, 4.69) is 13.8 Å². The number of hydrogen-bond acceptors (Lipinski definition) is 6. The highest BCUT2D eigenvalue weighted by molar-refractivity contribution is 6.46. The maximum atomic E-state index is 13.1. The summed E-state index contributed by atoms with van der Waals surface area (Å²) in [7, 11) is 1.54. The van der Waals surface area contributed by atoms with Crippen LogP contribution in [0.25, 0.3) is 5.76 Å². The molecule has 1 unspecified atom stereocenters. The SMILES string of the molecule is COCCN1C(=O)C(=O)/C(=C(\O)c2ccc(OCC(C)C)cc2)C1c1ccc(OCc2ccccc2)cc1. The average Bonchev–Trinajstić information content (AvgIpc) is 3.19. The number of rotatable bonds is 11. The van der Waals surface area contributed by atoms with Gasteiger partial charge in [0.15, 0.2) is 0 Å². The summed E-state index contributed by atoms with van der Waals surface area (Å²) < 4.78 is 16.8. The predicted molar refractivity (Wildman–Crippen MR) is 145 cm³/mol. The van der Waals surface area contributed by atoms with Gasteiger partial charge in [-0.3, -0.25) is 9.59 Å². The molecule has 1 atom stereocenters. The van der Waals surface area contributed by atoms with Crippen molar-refractivity contribution in [1.29, 1.82) is 0 Å². The van der Waals surface area contributed by atoms with E-state index in [0.29, 0.717) is 41.8 Å². The van der Waals surface area contributed by atoms with Crippen molar-refractivity contribution in [3.05, 3.63) is 101 Å². The van der Waals surface area contributed by atoms with Gasteiger partial charge in [0.1, 0.15) is 23.9 Å². The first-order chi connectivity index (χ1) is 18.4. The molecule has 0 aromatic heterocycles. The van der Waals surface area contributed by atoms with Gasteiger partial charge in [-0.1, -0.05) is 56.3 Å². The molecule has 1 saturated heterocycles. The summed E-state index contributed by atoms with van der Waals surface area (Å²) in [6.07, 6.45) is 0. The molecule has 1 aliphatic rings. The first kappa shape index (κ1) is 26.9. The van der Waals surface area contributed by atoms with Gasteiger partial charge in [-0.15, -0.1) is 0 Å². The molecular formula is C31H33NO6. The third-order valence-electron chi connectivity index (χ3n) is 6.23. The van der Waals surface area contributed by atoms with E-state index in [1.165, 1.54) is 12.0 Å². The summed E-state index contributed by atoms with van der Waals surface area (Å²) in [5, 5.41) is 11.2. The fraction of sp³-hybridized carbons (Fsp3) is 0.290. The summed E-state index contributed by atoms with van der Waals surface area (Å²) in [5.41, 5.74) is 2.20. The molecule has 1 aliphatic heterocycles. The van der Waals surface area contributed by atoms with E-state index in [1.54, 1.807) is 36.4 Å². The van der Waals surface area contributed by atoms with Gasteiger partial charge in [-0.2, -0.15) is 0 Å². The summed E-state index contributed by atoms with van der Waals surface area (Å²) in [4.78, 5) is 27.6. The van der Waals surface area contributed by atoms with Gasteiger partial charge in [0, 0.05) is 19.2 Å². The van der Waals surface area contributed by atoms with Crippen LogP contribution >= 0.6 is 0 Å². The third kappa shape index (κ3) is 6.23. The van der Waals surface area contributed by atoms with E-state index in [4.69, 9.17) is 14.2 Å². The van der Waals surface area contributed by atoms with Crippen LogP contribution in [0.15, 0.2) is 84.4 Å². The van der Waals surface area contributed by atoms with Gasteiger partial charge in [0.2, 0.25) is 0 Å². The molecule has 1 amide bonds. The number of benzene rings is 3. The zero-order chi connectivity index (χ0) is 27.1. The first-order valence-corrected chi connectivity index (χ1v) is 12.7. The molecule has 3 aromatic rings. The van der Waals surface area contributed by atoms with Crippen LogP contribution in [-0.2, 0) is 20.9 Å². The van der Waals surface area contributed by atoms with Crippen LogP contribution in [0.4, 0.5) is 0 Å². The fourth-order valence-electron chi connectivity index (χ4n) is 4.26. The van der Waals surface area contributed by atoms with Crippen LogP contribution in [0.5, 0.6) is 11.5 Å². The van der Waals surface area contributed by atoms with E-state index in [9.17, 15) is 14.7 Å². The van der Waals surface area contributed by atoms with Crippen LogP contribution < -0.4 is 9.47 Å². The van der Waals surface area contributed by atoms with Crippen LogP contribution in [-0.4, -0.2) is 48.6 Å². The Balaban J connectivity index is 1.63. The smallest absolute Gasteiger partial charge is 0.295 e. The Morgan fingerprint density at radius 1 is 0.895 bits per heavy atom. The molecule has 198 valence electrons. The lowest BCUT2D eigenvalue weighted by Gasteiger charge is -2.25. The number of ketones is 1. The van der Waals surface area contributed by atoms with Crippen molar-refractivity contribution >= 4 is 17.4 Å².